The van der Waals surface area contributed by atoms with Gasteiger partial charge in [0.25, 0.3) is 0 Å². The zero-order chi connectivity index (χ0) is 13.8. The van der Waals surface area contributed by atoms with E-state index in [0.29, 0.717) is 21.4 Å². The summed E-state index contributed by atoms with van der Waals surface area (Å²) in [5.74, 6) is 0.440. The number of Topliss-reactive ketones (excluding diaryl/α,β-unsaturated/α-hetero) is 1. The van der Waals surface area contributed by atoms with E-state index < -0.39 is 0 Å². The maximum absolute atomic E-state index is 12.1. The molecule has 0 aliphatic rings. The van der Waals surface area contributed by atoms with Gasteiger partial charge in [-0.15, -0.1) is 11.8 Å². The Kier molecular flexibility index (Phi) is 4.92. The summed E-state index contributed by atoms with van der Waals surface area (Å²) in [7, 11) is 0. The molecule has 2 aromatic carbocycles. The number of benzene rings is 2. The number of hydrogen-bond acceptors (Lipinski definition) is 2. The first-order chi connectivity index (χ1) is 9.08. The van der Waals surface area contributed by atoms with E-state index in [9.17, 15) is 4.79 Å². The van der Waals surface area contributed by atoms with Crippen LogP contribution in [0.5, 0.6) is 0 Å². The van der Waals surface area contributed by atoms with E-state index in [1.165, 1.54) is 17.3 Å². The van der Waals surface area contributed by atoms with Gasteiger partial charge < -0.3 is 0 Å². The molecule has 0 saturated heterocycles. The molecule has 0 amide bonds. The van der Waals surface area contributed by atoms with Crippen molar-refractivity contribution < 1.29 is 4.79 Å². The second-order valence-corrected chi connectivity index (χ2v) is 5.94. The third kappa shape index (κ3) is 3.75. The molecule has 0 N–H and O–H groups in total. The van der Waals surface area contributed by atoms with E-state index in [0.717, 1.165) is 4.90 Å². The lowest BCUT2D eigenvalue weighted by Crippen LogP contribution is -2.02. The Hall–Kier alpha value is -0.960. The van der Waals surface area contributed by atoms with Crippen molar-refractivity contribution in [2.75, 3.05) is 5.75 Å². The van der Waals surface area contributed by atoms with Crippen LogP contribution >= 0.6 is 35.0 Å². The molecule has 98 valence electrons. The van der Waals surface area contributed by atoms with Crippen LogP contribution in [0.3, 0.4) is 0 Å². The van der Waals surface area contributed by atoms with E-state index in [4.69, 9.17) is 23.2 Å². The monoisotopic (exact) mass is 310 g/mol. The molecule has 0 bridgehead atoms. The second kappa shape index (κ2) is 6.47. The van der Waals surface area contributed by atoms with Crippen LogP contribution in [-0.2, 0) is 0 Å². The Balaban J connectivity index is 2.05. The summed E-state index contributed by atoms with van der Waals surface area (Å²) in [4.78, 5) is 13.2. The predicted molar refractivity (Wildman–Crippen MR) is 82.7 cm³/mol. The summed E-state index contributed by atoms with van der Waals surface area (Å²) in [5, 5.41) is 0.873. The molecule has 2 aromatic rings. The fraction of sp³-hybridized carbons (Fsp3) is 0.133. The van der Waals surface area contributed by atoms with Crippen molar-refractivity contribution in [3.8, 4) is 0 Å². The number of ketones is 1. The van der Waals surface area contributed by atoms with Gasteiger partial charge in [-0.05, 0) is 36.8 Å². The van der Waals surface area contributed by atoms with E-state index in [1.807, 2.05) is 31.2 Å². The first-order valence-corrected chi connectivity index (χ1v) is 7.49. The quantitative estimate of drug-likeness (QED) is 0.564. The molecule has 2 rings (SSSR count). The molecule has 0 unspecified atom stereocenters. The molecule has 1 nitrogen and oxygen atoms in total. The van der Waals surface area contributed by atoms with Gasteiger partial charge in [0.1, 0.15) is 0 Å². The number of rotatable bonds is 4. The topological polar surface area (TPSA) is 17.1 Å². The zero-order valence-electron chi connectivity index (χ0n) is 10.3. The highest BCUT2D eigenvalue weighted by atomic mass is 35.5. The SMILES string of the molecule is Cc1ccccc1SCC(=O)c1ccc(Cl)c(Cl)c1. The molecular formula is C15H12Cl2OS. The summed E-state index contributed by atoms with van der Waals surface area (Å²) in [6, 6.07) is 13.0. The van der Waals surface area contributed by atoms with Crippen molar-refractivity contribution in [1.82, 2.24) is 0 Å². The van der Waals surface area contributed by atoms with Crippen LogP contribution in [-0.4, -0.2) is 11.5 Å². The van der Waals surface area contributed by atoms with E-state index >= 15 is 0 Å². The van der Waals surface area contributed by atoms with Crippen molar-refractivity contribution >= 4 is 40.7 Å². The standard InChI is InChI=1S/C15H12Cl2OS/c1-10-4-2-3-5-15(10)19-9-14(18)11-6-7-12(16)13(17)8-11/h2-8H,9H2,1H3. The van der Waals surface area contributed by atoms with E-state index in [1.54, 1.807) is 18.2 Å². The zero-order valence-corrected chi connectivity index (χ0v) is 12.6. The van der Waals surface area contributed by atoms with Gasteiger partial charge in [0.05, 0.1) is 15.8 Å². The van der Waals surface area contributed by atoms with Gasteiger partial charge in [0.15, 0.2) is 5.78 Å². The van der Waals surface area contributed by atoms with Crippen molar-refractivity contribution in [2.45, 2.75) is 11.8 Å². The summed E-state index contributed by atoms with van der Waals surface area (Å²) in [6.07, 6.45) is 0. The van der Waals surface area contributed by atoms with Crippen molar-refractivity contribution in [3.05, 3.63) is 63.6 Å². The lowest BCUT2D eigenvalue weighted by Gasteiger charge is -2.05. The highest BCUT2D eigenvalue weighted by Gasteiger charge is 2.09. The minimum Gasteiger partial charge on any atom is -0.293 e. The van der Waals surface area contributed by atoms with Gasteiger partial charge in [-0.3, -0.25) is 4.79 Å². The molecule has 0 aromatic heterocycles. The van der Waals surface area contributed by atoms with Crippen LogP contribution in [0, 0.1) is 6.92 Å². The minimum absolute atomic E-state index is 0.0480. The third-order valence-corrected chi connectivity index (χ3v) is 4.61. The maximum atomic E-state index is 12.1. The Morgan fingerprint density at radius 3 is 2.53 bits per heavy atom. The van der Waals surface area contributed by atoms with Crippen LogP contribution < -0.4 is 0 Å². The van der Waals surface area contributed by atoms with Gasteiger partial charge in [-0.1, -0.05) is 41.4 Å². The van der Waals surface area contributed by atoms with Gasteiger partial charge in [-0.2, -0.15) is 0 Å². The van der Waals surface area contributed by atoms with Crippen LogP contribution in [0.15, 0.2) is 47.4 Å². The molecule has 4 heteroatoms. The molecule has 0 heterocycles. The Morgan fingerprint density at radius 2 is 1.84 bits per heavy atom. The Bertz CT molecular complexity index is 611. The highest BCUT2D eigenvalue weighted by molar-refractivity contribution is 8.00. The average molecular weight is 311 g/mol. The molecule has 0 aliphatic carbocycles. The first-order valence-electron chi connectivity index (χ1n) is 5.74. The number of carbonyl (C=O) groups excluding carboxylic acids is 1. The Morgan fingerprint density at radius 1 is 1.11 bits per heavy atom. The summed E-state index contributed by atoms with van der Waals surface area (Å²) in [6.45, 7) is 2.03. The molecular weight excluding hydrogens is 299 g/mol. The first kappa shape index (κ1) is 14.4. The summed E-state index contributed by atoms with van der Waals surface area (Å²) in [5.41, 5.74) is 1.77. The van der Waals surface area contributed by atoms with Crippen molar-refractivity contribution in [1.29, 1.82) is 0 Å². The Labute approximate surface area is 126 Å². The van der Waals surface area contributed by atoms with Crippen LogP contribution in [0.1, 0.15) is 15.9 Å². The van der Waals surface area contributed by atoms with E-state index in [-0.39, 0.29) is 5.78 Å². The van der Waals surface area contributed by atoms with Crippen LogP contribution in [0.2, 0.25) is 10.0 Å². The number of hydrogen-bond donors (Lipinski definition) is 0. The van der Waals surface area contributed by atoms with Gasteiger partial charge >= 0.3 is 0 Å². The van der Waals surface area contributed by atoms with Gasteiger partial charge in [-0.25, -0.2) is 0 Å². The fourth-order valence-electron chi connectivity index (χ4n) is 1.61. The molecule has 0 fully saturated rings. The summed E-state index contributed by atoms with van der Waals surface area (Å²) >= 11 is 13.3. The van der Waals surface area contributed by atoms with Gasteiger partial charge in [0, 0.05) is 10.5 Å². The molecule has 0 atom stereocenters. The number of aryl methyl sites for hydroxylation is 1. The van der Waals surface area contributed by atoms with Crippen LogP contribution in [0.25, 0.3) is 0 Å². The normalized spacial score (nSPS) is 10.5. The second-order valence-electron chi connectivity index (χ2n) is 4.11. The van der Waals surface area contributed by atoms with Crippen molar-refractivity contribution in [3.63, 3.8) is 0 Å². The number of halogens is 2. The smallest absolute Gasteiger partial charge is 0.173 e. The lowest BCUT2D eigenvalue weighted by molar-refractivity contribution is 0.102. The average Bonchev–Trinajstić information content (AvgIpc) is 2.40. The number of thioether (sulfide) groups is 1. The predicted octanol–water partition coefficient (Wildman–Crippen LogP) is 5.28. The maximum Gasteiger partial charge on any atom is 0.173 e. The third-order valence-electron chi connectivity index (χ3n) is 2.69. The molecule has 0 aliphatic heterocycles. The van der Waals surface area contributed by atoms with Crippen LogP contribution in [0.4, 0.5) is 0 Å². The molecule has 0 saturated carbocycles. The fourth-order valence-corrected chi connectivity index (χ4v) is 2.84. The lowest BCUT2D eigenvalue weighted by atomic mass is 10.1. The minimum atomic E-state index is 0.0480. The summed E-state index contributed by atoms with van der Waals surface area (Å²) < 4.78 is 0. The molecule has 19 heavy (non-hydrogen) atoms. The largest absolute Gasteiger partial charge is 0.293 e. The number of carbonyl (C=O) groups is 1. The molecule has 0 radical (unpaired) electrons. The van der Waals surface area contributed by atoms with Gasteiger partial charge in [0.2, 0.25) is 0 Å². The van der Waals surface area contributed by atoms with Crippen molar-refractivity contribution in [2.24, 2.45) is 0 Å². The molecule has 0 spiro atoms. The van der Waals surface area contributed by atoms with E-state index in [2.05, 4.69) is 0 Å². The highest BCUT2D eigenvalue weighted by Crippen LogP contribution is 2.25.